The minimum absolute atomic E-state index is 0.0187. The summed E-state index contributed by atoms with van der Waals surface area (Å²) in [7, 11) is 0. The minimum Gasteiger partial charge on any atom is -0.484 e. The Morgan fingerprint density at radius 3 is 2.95 bits per heavy atom. The van der Waals surface area contributed by atoms with Crippen molar-refractivity contribution in [1.29, 1.82) is 0 Å². The Morgan fingerprint density at radius 1 is 1.37 bits per heavy atom. The Labute approximate surface area is 113 Å². The van der Waals surface area contributed by atoms with Crippen molar-refractivity contribution in [3.8, 4) is 5.75 Å². The number of rotatable bonds is 2. The molecule has 1 unspecified atom stereocenters. The topological polar surface area (TPSA) is 53.1 Å². The predicted molar refractivity (Wildman–Crippen MR) is 74.0 cm³/mol. The van der Waals surface area contributed by atoms with Crippen molar-refractivity contribution in [2.24, 2.45) is 5.73 Å². The van der Waals surface area contributed by atoms with Gasteiger partial charge in [0.05, 0.1) is 18.2 Å². The molecule has 2 aromatic rings. The van der Waals surface area contributed by atoms with Gasteiger partial charge in [-0.2, -0.15) is 0 Å². The van der Waals surface area contributed by atoms with Gasteiger partial charge in [-0.3, -0.25) is 0 Å². The van der Waals surface area contributed by atoms with Crippen LogP contribution in [0.1, 0.15) is 49.7 Å². The third-order valence-electron chi connectivity index (χ3n) is 3.64. The van der Waals surface area contributed by atoms with Gasteiger partial charge in [0.15, 0.2) is 0 Å². The van der Waals surface area contributed by atoms with Crippen LogP contribution in [0, 0.1) is 0 Å². The molecule has 0 saturated heterocycles. The fraction of sp³-hybridized carbons (Fsp3) is 0.400. The van der Waals surface area contributed by atoms with Gasteiger partial charge in [-0.25, -0.2) is 4.98 Å². The summed E-state index contributed by atoms with van der Waals surface area (Å²) < 4.78 is 8.24. The van der Waals surface area contributed by atoms with Crippen LogP contribution in [0.2, 0.25) is 0 Å². The summed E-state index contributed by atoms with van der Waals surface area (Å²) in [6.07, 6.45) is 4.51. The molecular formula is C15H19N3O. The van der Waals surface area contributed by atoms with Crippen LogP contribution in [-0.2, 0) is 0 Å². The molecule has 1 aromatic heterocycles. The van der Waals surface area contributed by atoms with Gasteiger partial charge in [0.1, 0.15) is 11.9 Å². The number of imidazole rings is 1. The first-order chi connectivity index (χ1) is 9.16. The first-order valence-electron chi connectivity index (χ1n) is 6.69. The van der Waals surface area contributed by atoms with Gasteiger partial charge in [-0.15, -0.1) is 0 Å². The quantitative estimate of drug-likeness (QED) is 0.899. The second-order valence-electron chi connectivity index (χ2n) is 5.31. The molecule has 0 spiro atoms. The largest absolute Gasteiger partial charge is 0.484 e. The standard InChI is InChI=1S/C15H19N3O/c1-10(2)18-9-17-8-13(18)15-7-12(16)11-5-3-4-6-14(11)19-15/h3-6,8-10,12,15H,7,16H2,1-2H3/t12-,15?/m0/s1. The summed E-state index contributed by atoms with van der Waals surface area (Å²) in [5, 5.41) is 0. The van der Waals surface area contributed by atoms with Crippen LogP contribution in [0.3, 0.4) is 0 Å². The smallest absolute Gasteiger partial charge is 0.142 e. The molecular weight excluding hydrogens is 238 g/mol. The first kappa shape index (κ1) is 12.2. The molecule has 0 bridgehead atoms. The van der Waals surface area contributed by atoms with Crippen LogP contribution in [0.15, 0.2) is 36.8 Å². The molecule has 19 heavy (non-hydrogen) atoms. The summed E-state index contributed by atoms with van der Waals surface area (Å²) in [6, 6.07) is 8.39. The third kappa shape index (κ3) is 2.12. The summed E-state index contributed by atoms with van der Waals surface area (Å²) in [5.74, 6) is 0.891. The molecule has 2 heterocycles. The number of ether oxygens (including phenoxy) is 1. The predicted octanol–water partition coefficient (Wildman–Crippen LogP) is 2.99. The fourth-order valence-corrected chi connectivity index (χ4v) is 2.63. The third-order valence-corrected chi connectivity index (χ3v) is 3.64. The highest BCUT2D eigenvalue weighted by Gasteiger charge is 2.29. The highest BCUT2D eigenvalue weighted by molar-refractivity contribution is 5.38. The maximum absolute atomic E-state index is 6.26. The van der Waals surface area contributed by atoms with Crippen LogP contribution in [-0.4, -0.2) is 9.55 Å². The van der Waals surface area contributed by atoms with Gasteiger partial charge in [0.2, 0.25) is 0 Å². The van der Waals surface area contributed by atoms with Gasteiger partial charge in [-0.1, -0.05) is 18.2 Å². The summed E-state index contributed by atoms with van der Waals surface area (Å²) >= 11 is 0. The van der Waals surface area contributed by atoms with E-state index in [9.17, 15) is 0 Å². The zero-order valence-electron chi connectivity index (χ0n) is 11.3. The zero-order valence-corrected chi connectivity index (χ0v) is 11.3. The Hall–Kier alpha value is -1.81. The van der Waals surface area contributed by atoms with E-state index in [1.807, 2.05) is 36.8 Å². The molecule has 4 heteroatoms. The molecule has 100 valence electrons. The molecule has 3 rings (SSSR count). The van der Waals surface area contributed by atoms with Gasteiger partial charge in [0, 0.05) is 24.1 Å². The van der Waals surface area contributed by atoms with E-state index in [1.165, 1.54) is 0 Å². The van der Waals surface area contributed by atoms with E-state index in [4.69, 9.17) is 10.5 Å². The molecule has 2 atom stereocenters. The maximum Gasteiger partial charge on any atom is 0.142 e. The molecule has 1 aliphatic heterocycles. The number of benzene rings is 1. The monoisotopic (exact) mass is 257 g/mol. The lowest BCUT2D eigenvalue weighted by Gasteiger charge is -2.31. The second-order valence-corrected chi connectivity index (χ2v) is 5.31. The minimum atomic E-state index is -0.0187. The SMILES string of the molecule is CC(C)n1cncc1C1C[C@H](N)c2ccccc2O1. The van der Waals surface area contributed by atoms with Crippen molar-refractivity contribution in [3.63, 3.8) is 0 Å². The molecule has 1 aromatic carbocycles. The molecule has 0 amide bonds. The number of aromatic nitrogens is 2. The van der Waals surface area contributed by atoms with E-state index < -0.39 is 0 Å². The van der Waals surface area contributed by atoms with Crippen molar-refractivity contribution in [2.75, 3.05) is 0 Å². The van der Waals surface area contributed by atoms with E-state index >= 15 is 0 Å². The summed E-state index contributed by atoms with van der Waals surface area (Å²) in [4.78, 5) is 4.24. The maximum atomic E-state index is 6.26. The van der Waals surface area contributed by atoms with Crippen molar-refractivity contribution in [1.82, 2.24) is 9.55 Å². The van der Waals surface area contributed by atoms with Crippen LogP contribution < -0.4 is 10.5 Å². The zero-order chi connectivity index (χ0) is 13.4. The van der Waals surface area contributed by atoms with Gasteiger partial charge < -0.3 is 15.0 Å². The van der Waals surface area contributed by atoms with Gasteiger partial charge in [-0.05, 0) is 19.9 Å². The highest BCUT2D eigenvalue weighted by atomic mass is 16.5. The Morgan fingerprint density at radius 2 is 2.16 bits per heavy atom. The lowest BCUT2D eigenvalue weighted by molar-refractivity contribution is 0.151. The second kappa shape index (κ2) is 4.70. The summed E-state index contributed by atoms with van der Waals surface area (Å²) in [5.41, 5.74) is 8.45. The molecule has 0 radical (unpaired) electrons. The van der Waals surface area contributed by atoms with E-state index in [0.717, 1.165) is 23.4 Å². The van der Waals surface area contributed by atoms with Gasteiger partial charge in [0.25, 0.3) is 0 Å². The van der Waals surface area contributed by atoms with Crippen LogP contribution in [0.5, 0.6) is 5.75 Å². The lowest BCUT2D eigenvalue weighted by atomic mass is 9.96. The lowest BCUT2D eigenvalue weighted by Crippen LogP contribution is -2.25. The molecule has 0 saturated carbocycles. The van der Waals surface area contributed by atoms with Crippen LogP contribution in [0.4, 0.5) is 0 Å². The van der Waals surface area contributed by atoms with E-state index in [2.05, 4.69) is 23.4 Å². The Balaban J connectivity index is 1.95. The highest BCUT2D eigenvalue weighted by Crippen LogP contribution is 2.39. The average molecular weight is 257 g/mol. The van der Waals surface area contributed by atoms with Crippen molar-refractivity contribution >= 4 is 0 Å². The van der Waals surface area contributed by atoms with E-state index in [-0.39, 0.29) is 12.1 Å². The number of hydrogen-bond acceptors (Lipinski definition) is 3. The fourth-order valence-electron chi connectivity index (χ4n) is 2.63. The Bertz CT molecular complexity index is 576. The van der Waals surface area contributed by atoms with Crippen molar-refractivity contribution < 1.29 is 4.74 Å². The summed E-state index contributed by atoms with van der Waals surface area (Å²) in [6.45, 7) is 4.28. The first-order valence-corrected chi connectivity index (χ1v) is 6.69. The van der Waals surface area contributed by atoms with Crippen LogP contribution in [0.25, 0.3) is 0 Å². The van der Waals surface area contributed by atoms with E-state index in [0.29, 0.717) is 6.04 Å². The number of nitrogens with two attached hydrogens (primary N) is 1. The van der Waals surface area contributed by atoms with Crippen LogP contribution >= 0.6 is 0 Å². The van der Waals surface area contributed by atoms with Crippen molar-refractivity contribution in [2.45, 2.75) is 38.5 Å². The molecule has 0 aliphatic carbocycles. The van der Waals surface area contributed by atoms with Gasteiger partial charge >= 0.3 is 0 Å². The Kier molecular flexibility index (Phi) is 3.03. The molecule has 2 N–H and O–H groups in total. The molecule has 0 fully saturated rings. The number of para-hydroxylation sites is 1. The number of nitrogens with zero attached hydrogens (tertiary/aromatic N) is 2. The van der Waals surface area contributed by atoms with Crippen molar-refractivity contribution in [3.05, 3.63) is 48.0 Å². The number of fused-ring (bicyclic) bond motifs is 1. The number of hydrogen-bond donors (Lipinski definition) is 1. The van der Waals surface area contributed by atoms with E-state index in [1.54, 1.807) is 0 Å². The average Bonchev–Trinajstić information content (AvgIpc) is 2.88. The normalized spacial score (nSPS) is 22.1. The molecule has 1 aliphatic rings. The molecule has 4 nitrogen and oxygen atoms in total.